The van der Waals surface area contributed by atoms with E-state index in [2.05, 4.69) is 217 Å². The van der Waals surface area contributed by atoms with E-state index < -0.39 is 0 Å². The van der Waals surface area contributed by atoms with Crippen LogP contribution in [0.2, 0.25) is 0 Å². The summed E-state index contributed by atoms with van der Waals surface area (Å²) in [4.78, 5) is 2.40. The average Bonchev–Trinajstić information content (AvgIpc) is 3.69. The zero-order chi connectivity index (χ0) is 38.4. The summed E-state index contributed by atoms with van der Waals surface area (Å²) >= 11 is 0. The van der Waals surface area contributed by atoms with Gasteiger partial charge >= 0.3 is 0 Å². The van der Waals surface area contributed by atoms with Crippen molar-refractivity contribution >= 4 is 38.5 Å². The molecule has 1 aliphatic heterocycles. The Morgan fingerprint density at radius 1 is 0.483 bits per heavy atom. The molecule has 1 aliphatic carbocycles. The van der Waals surface area contributed by atoms with Crippen LogP contribution < -0.4 is 9.64 Å². The lowest BCUT2D eigenvalue weighted by molar-refractivity contribution is 0.281. The molecule has 9 aromatic rings. The molecule has 0 amide bonds. The monoisotopic (exact) mass is 739 g/mol. The van der Waals surface area contributed by atoms with Crippen LogP contribution in [0.15, 0.2) is 212 Å². The Hall–Kier alpha value is -7.60. The van der Waals surface area contributed by atoms with E-state index in [-0.39, 0.29) is 6.10 Å². The minimum absolute atomic E-state index is 0.150. The van der Waals surface area contributed by atoms with Gasteiger partial charge in [0.1, 0.15) is 17.5 Å². The number of allylic oxidation sites excluding steroid dienone is 1. The Morgan fingerprint density at radius 2 is 1.10 bits per heavy atom. The van der Waals surface area contributed by atoms with Crippen LogP contribution in [0.3, 0.4) is 0 Å². The Balaban J connectivity index is 1.14. The van der Waals surface area contributed by atoms with Gasteiger partial charge < -0.3 is 9.64 Å². The van der Waals surface area contributed by atoms with Crippen LogP contribution in [-0.2, 0) is 0 Å². The number of rotatable bonds is 7. The summed E-state index contributed by atoms with van der Waals surface area (Å²) in [6.07, 6.45) is 5.19. The molecular weight excluding hydrogens is 703 g/mol. The zero-order valence-electron chi connectivity index (χ0n) is 31.8. The van der Waals surface area contributed by atoms with Crippen molar-refractivity contribution in [2.75, 3.05) is 4.90 Å². The molecule has 2 nitrogen and oxygen atoms in total. The van der Waals surface area contributed by atoms with E-state index in [1.165, 1.54) is 49.7 Å². The second-order valence-electron chi connectivity index (χ2n) is 15.0. The first kappa shape index (κ1) is 33.7. The highest BCUT2D eigenvalue weighted by Crippen LogP contribution is 2.52. The Labute approximate surface area is 339 Å². The zero-order valence-corrected chi connectivity index (χ0v) is 31.8. The molecule has 0 fully saturated rings. The van der Waals surface area contributed by atoms with Crippen molar-refractivity contribution in [1.29, 1.82) is 0 Å². The maximum Gasteiger partial charge on any atom is 0.135 e. The van der Waals surface area contributed by atoms with Gasteiger partial charge in [-0.2, -0.15) is 0 Å². The third kappa shape index (κ3) is 5.76. The third-order valence-electron chi connectivity index (χ3n) is 11.6. The molecule has 2 heteroatoms. The topological polar surface area (TPSA) is 12.5 Å². The molecule has 0 saturated carbocycles. The summed E-state index contributed by atoms with van der Waals surface area (Å²) in [7, 11) is 0. The first-order valence-electron chi connectivity index (χ1n) is 19.9. The molecule has 2 aliphatic rings. The highest BCUT2D eigenvalue weighted by Gasteiger charge is 2.37. The number of hydrogen-bond acceptors (Lipinski definition) is 2. The maximum atomic E-state index is 7.06. The van der Waals surface area contributed by atoms with E-state index in [1.54, 1.807) is 0 Å². The Bertz CT molecular complexity index is 3050. The number of ether oxygens (including phenoxy) is 1. The molecule has 0 spiro atoms. The predicted octanol–water partition coefficient (Wildman–Crippen LogP) is 14.5. The fourth-order valence-electron chi connectivity index (χ4n) is 8.88. The first-order valence-corrected chi connectivity index (χ1v) is 19.9. The SMILES string of the molecule is c1ccc(-c2ccc(-c3ccccc3)cc2)c(N(C2=C3c4cc(-c5cccc(-c6ccccc6)c5)c5ccccc5c4OC3CC=C2)c2cccc3ccccc23)c#1. The highest BCUT2D eigenvalue weighted by molar-refractivity contribution is 6.07. The van der Waals surface area contributed by atoms with Crippen molar-refractivity contribution in [3.05, 3.63) is 230 Å². The summed E-state index contributed by atoms with van der Waals surface area (Å²) in [6, 6.07) is 76.4. The van der Waals surface area contributed by atoms with E-state index in [1.807, 2.05) is 6.07 Å². The van der Waals surface area contributed by atoms with E-state index in [9.17, 15) is 0 Å². The molecule has 0 aromatic heterocycles. The van der Waals surface area contributed by atoms with Gasteiger partial charge in [0.15, 0.2) is 0 Å². The first-order chi connectivity index (χ1) is 28.8. The molecule has 9 aromatic carbocycles. The number of anilines is 2. The van der Waals surface area contributed by atoms with Gasteiger partial charge in [-0.25, -0.2) is 0 Å². The van der Waals surface area contributed by atoms with Crippen LogP contribution in [0.25, 0.3) is 71.6 Å². The lowest BCUT2D eigenvalue weighted by Crippen LogP contribution is -2.24. The molecular formula is C56H37NO. The second-order valence-corrected chi connectivity index (χ2v) is 15.0. The molecule has 11 rings (SSSR count). The largest absolute Gasteiger partial charge is 0.484 e. The minimum Gasteiger partial charge on any atom is -0.484 e. The lowest BCUT2D eigenvalue weighted by atomic mass is 9.88. The normalized spacial score (nSPS) is 14.2. The van der Waals surface area contributed by atoms with Gasteiger partial charge in [-0.1, -0.05) is 176 Å². The highest BCUT2D eigenvalue weighted by atomic mass is 16.5. The fraction of sp³-hybridized carbons (Fsp3) is 0.0357. The van der Waals surface area contributed by atoms with Gasteiger partial charge in [0.05, 0.1) is 11.4 Å². The number of benzene rings is 8. The van der Waals surface area contributed by atoms with Crippen LogP contribution in [-0.4, -0.2) is 6.10 Å². The standard InChI is InChI=1S/C56H37NO/c1-3-16-38(17-4-1)40-32-34-42(35-33-40)46-25-11-12-28-51(46)57(52-29-14-21-41-20-7-8-24-45(41)52)53-30-15-31-54-55(53)50-37-49(47-26-9-10-27-48(47)56(50)58-54)44-23-13-22-43(36-44)39-18-5-2-6-19-39/h1-11,13-27,29-30,32-37,54H,31H2. The van der Waals surface area contributed by atoms with Crippen molar-refractivity contribution in [2.24, 2.45) is 0 Å². The molecule has 58 heavy (non-hydrogen) atoms. The van der Waals surface area contributed by atoms with Crippen LogP contribution in [0, 0.1) is 12.1 Å². The molecule has 0 saturated heterocycles. The smallest absolute Gasteiger partial charge is 0.135 e. The minimum atomic E-state index is -0.150. The summed E-state index contributed by atoms with van der Waals surface area (Å²) in [5, 5.41) is 4.64. The van der Waals surface area contributed by atoms with Gasteiger partial charge in [-0.15, -0.1) is 0 Å². The summed E-state index contributed by atoms with van der Waals surface area (Å²) in [6.45, 7) is 0. The molecule has 0 N–H and O–H groups in total. The van der Waals surface area contributed by atoms with E-state index in [0.29, 0.717) is 0 Å². The second kappa shape index (κ2) is 14.2. The summed E-state index contributed by atoms with van der Waals surface area (Å²) < 4.78 is 7.06. The van der Waals surface area contributed by atoms with Gasteiger partial charge in [0, 0.05) is 33.9 Å². The number of nitrogens with zero attached hydrogens (tertiary/aromatic N) is 1. The van der Waals surface area contributed by atoms with Crippen molar-refractivity contribution in [3.63, 3.8) is 0 Å². The van der Waals surface area contributed by atoms with Crippen molar-refractivity contribution in [1.82, 2.24) is 0 Å². The number of hydrogen-bond donors (Lipinski definition) is 0. The van der Waals surface area contributed by atoms with Crippen LogP contribution in [0.1, 0.15) is 12.0 Å². The van der Waals surface area contributed by atoms with Crippen LogP contribution in [0.5, 0.6) is 5.75 Å². The maximum absolute atomic E-state index is 7.06. The quantitative estimate of drug-likeness (QED) is 0.161. The molecule has 0 radical (unpaired) electrons. The molecule has 0 bridgehead atoms. The van der Waals surface area contributed by atoms with Crippen molar-refractivity contribution in [2.45, 2.75) is 12.5 Å². The number of fused-ring (bicyclic) bond motifs is 6. The van der Waals surface area contributed by atoms with Gasteiger partial charge in [0.2, 0.25) is 0 Å². The van der Waals surface area contributed by atoms with Crippen LogP contribution in [0.4, 0.5) is 11.4 Å². The van der Waals surface area contributed by atoms with Gasteiger partial charge in [-0.05, 0) is 92.2 Å². The summed E-state index contributed by atoms with van der Waals surface area (Å²) in [5.41, 5.74) is 14.7. The average molecular weight is 740 g/mol. The third-order valence-corrected chi connectivity index (χ3v) is 11.6. The van der Waals surface area contributed by atoms with Crippen LogP contribution >= 0.6 is 0 Å². The fourth-order valence-corrected chi connectivity index (χ4v) is 8.88. The Morgan fingerprint density at radius 3 is 1.91 bits per heavy atom. The van der Waals surface area contributed by atoms with Gasteiger partial charge in [0.25, 0.3) is 0 Å². The molecule has 272 valence electrons. The van der Waals surface area contributed by atoms with Crippen molar-refractivity contribution in [3.8, 4) is 50.3 Å². The predicted molar refractivity (Wildman–Crippen MR) is 241 cm³/mol. The van der Waals surface area contributed by atoms with E-state index in [4.69, 9.17) is 4.74 Å². The molecule has 1 heterocycles. The van der Waals surface area contributed by atoms with E-state index in [0.717, 1.165) is 56.7 Å². The summed E-state index contributed by atoms with van der Waals surface area (Å²) in [5.74, 6) is 0.943. The van der Waals surface area contributed by atoms with Crippen molar-refractivity contribution < 1.29 is 4.74 Å². The Kier molecular flexibility index (Phi) is 8.23. The molecule has 1 atom stereocenters. The molecule has 1 unspecified atom stereocenters. The van der Waals surface area contributed by atoms with Gasteiger partial charge in [-0.3, -0.25) is 0 Å². The lowest BCUT2D eigenvalue weighted by Gasteiger charge is -2.32. The van der Waals surface area contributed by atoms with E-state index >= 15 is 0 Å².